The third-order valence-corrected chi connectivity index (χ3v) is 5.49. The van der Waals surface area contributed by atoms with Crippen LogP contribution in [0.4, 0.5) is 0 Å². The van der Waals surface area contributed by atoms with E-state index in [9.17, 15) is 8.42 Å². The summed E-state index contributed by atoms with van der Waals surface area (Å²) in [5.74, 6) is 1.52. The predicted octanol–water partition coefficient (Wildman–Crippen LogP) is 1.98. The largest absolute Gasteiger partial charge is 0.317 e. The van der Waals surface area contributed by atoms with Gasteiger partial charge in [-0.05, 0) is 32.2 Å². The lowest BCUT2D eigenvalue weighted by atomic mass is 9.80. The Morgan fingerprint density at radius 2 is 2.06 bits per heavy atom. The molecule has 1 fully saturated rings. The molecule has 0 bridgehead atoms. The molecule has 1 aliphatic rings. The van der Waals surface area contributed by atoms with Gasteiger partial charge in [0.25, 0.3) is 0 Å². The normalized spacial score (nSPS) is 19.4. The average molecular weight is 247 g/mol. The number of hydrogen-bond acceptors (Lipinski definition) is 3. The molecule has 1 saturated carbocycles. The molecule has 96 valence electrons. The molecule has 0 radical (unpaired) electrons. The zero-order valence-corrected chi connectivity index (χ0v) is 11.4. The monoisotopic (exact) mass is 247 g/mol. The molecule has 0 saturated heterocycles. The highest BCUT2D eigenvalue weighted by molar-refractivity contribution is 7.91. The maximum absolute atomic E-state index is 11.3. The fraction of sp³-hybridized carbons (Fsp3) is 1.00. The highest BCUT2D eigenvalue weighted by atomic mass is 32.2. The van der Waals surface area contributed by atoms with Gasteiger partial charge in [0.15, 0.2) is 0 Å². The van der Waals surface area contributed by atoms with Crippen molar-refractivity contribution in [3.63, 3.8) is 0 Å². The van der Waals surface area contributed by atoms with E-state index in [2.05, 4.69) is 5.32 Å². The smallest absolute Gasteiger partial charge is 0.150 e. The summed E-state index contributed by atoms with van der Waals surface area (Å²) in [6.45, 7) is 1.72. The van der Waals surface area contributed by atoms with Crippen LogP contribution in [0.25, 0.3) is 0 Å². The molecular weight excluding hydrogens is 222 g/mol. The second-order valence-electron chi connectivity index (χ2n) is 4.90. The Morgan fingerprint density at radius 3 is 2.50 bits per heavy atom. The minimum Gasteiger partial charge on any atom is -0.317 e. The van der Waals surface area contributed by atoms with Crippen molar-refractivity contribution in [1.29, 1.82) is 0 Å². The van der Waals surface area contributed by atoms with Crippen molar-refractivity contribution in [3.8, 4) is 0 Å². The second kappa shape index (κ2) is 6.60. The van der Waals surface area contributed by atoms with Gasteiger partial charge in [0.05, 0.1) is 5.75 Å². The summed E-state index contributed by atoms with van der Waals surface area (Å²) in [6.07, 6.45) is 7.13. The molecule has 0 aromatic heterocycles. The SMILES string of the molecule is CCS(=O)(=O)CCCC(CC1CCC1)NC. The highest BCUT2D eigenvalue weighted by Crippen LogP contribution is 2.31. The first-order chi connectivity index (χ1) is 7.57. The summed E-state index contributed by atoms with van der Waals surface area (Å²) in [5.41, 5.74) is 0. The summed E-state index contributed by atoms with van der Waals surface area (Å²) in [5, 5.41) is 3.31. The lowest BCUT2D eigenvalue weighted by molar-refractivity contribution is 0.258. The van der Waals surface area contributed by atoms with Crippen molar-refractivity contribution in [2.24, 2.45) is 5.92 Å². The summed E-state index contributed by atoms with van der Waals surface area (Å²) in [7, 11) is -0.787. The molecule has 0 amide bonds. The minimum atomic E-state index is -2.77. The van der Waals surface area contributed by atoms with Crippen molar-refractivity contribution in [2.75, 3.05) is 18.6 Å². The maximum Gasteiger partial charge on any atom is 0.150 e. The fourth-order valence-corrected chi connectivity index (χ4v) is 3.10. The Hall–Kier alpha value is -0.0900. The van der Waals surface area contributed by atoms with Crippen molar-refractivity contribution < 1.29 is 8.42 Å². The van der Waals surface area contributed by atoms with E-state index in [-0.39, 0.29) is 5.75 Å². The first kappa shape index (κ1) is 14.0. The summed E-state index contributed by atoms with van der Waals surface area (Å²) >= 11 is 0. The standard InChI is InChI=1S/C12H25NO2S/c1-3-16(14,15)9-5-8-12(13-2)10-11-6-4-7-11/h11-13H,3-10H2,1-2H3. The first-order valence-corrected chi connectivity index (χ1v) is 8.27. The van der Waals surface area contributed by atoms with Crippen molar-refractivity contribution in [2.45, 2.75) is 51.5 Å². The van der Waals surface area contributed by atoms with Crippen LogP contribution >= 0.6 is 0 Å². The Balaban J connectivity index is 2.18. The number of rotatable bonds is 8. The Morgan fingerprint density at radius 1 is 1.38 bits per heavy atom. The molecule has 1 rings (SSSR count). The van der Waals surface area contributed by atoms with Gasteiger partial charge in [0.1, 0.15) is 9.84 Å². The summed E-state index contributed by atoms with van der Waals surface area (Å²) in [6, 6.07) is 0.511. The molecular formula is C12H25NO2S. The fourth-order valence-electron chi connectivity index (χ4n) is 2.20. The maximum atomic E-state index is 11.3. The van der Waals surface area contributed by atoms with Crippen molar-refractivity contribution in [3.05, 3.63) is 0 Å². The Bertz CT molecular complexity index is 283. The van der Waals surface area contributed by atoms with E-state index in [0.29, 0.717) is 11.8 Å². The molecule has 0 aromatic rings. The molecule has 0 aliphatic heterocycles. The number of sulfone groups is 1. The van der Waals surface area contributed by atoms with Gasteiger partial charge < -0.3 is 5.32 Å². The van der Waals surface area contributed by atoms with Gasteiger partial charge in [-0.1, -0.05) is 26.2 Å². The van der Waals surface area contributed by atoms with Crippen LogP contribution in [0, 0.1) is 5.92 Å². The lowest BCUT2D eigenvalue weighted by Gasteiger charge is -2.29. The zero-order valence-electron chi connectivity index (χ0n) is 10.5. The van der Waals surface area contributed by atoms with Crippen LogP contribution in [0.15, 0.2) is 0 Å². The molecule has 0 aromatic carbocycles. The van der Waals surface area contributed by atoms with E-state index in [1.165, 1.54) is 25.7 Å². The number of nitrogens with one attached hydrogen (secondary N) is 1. The van der Waals surface area contributed by atoms with Crippen molar-refractivity contribution >= 4 is 9.84 Å². The van der Waals surface area contributed by atoms with Crippen LogP contribution < -0.4 is 5.32 Å². The topological polar surface area (TPSA) is 46.2 Å². The van der Waals surface area contributed by atoms with Gasteiger partial charge in [-0.3, -0.25) is 0 Å². The van der Waals surface area contributed by atoms with Crippen LogP contribution in [-0.2, 0) is 9.84 Å². The van der Waals surface area contributed by atoms with Crippen LogP contribution in [-0.4, -0.2) is 33.0 Å². The van der Waals surface area contributed by atoms with Crippen LogP contribution in [0.2, 0.25) is 0 Å². The molecule has 1 N–H and O–H groups in total. The third-order valence-electron chi connectivity index (χ3n) is 3.70. The van der Waals surface area contributed by atoms with Gasteiger partial charge in [0.2, 0.25) is 0 Å². The molecule has 16 heavy (non-hydrogen) atoms. The molecule has 0 heterocycles. The molecule has 3 nitrogen and oxygen atoms in total. The summed E-state index contributed by atoms with van der Waals surface area (Å²) < 4.78 is 22.7. The van der Waals surface area contributed by atoms with E-state index in [1.807, 2.05) is 7.05 Å². The molecule has 1 unspecified atom stereocenters. The van der Waals surface area contributed by atoms with Gasteiger partial charge in [-0.25, -0.2) is 8.42 Å². The van der Waals surface area contributed by atoms with E-state index < -0.39 is 9.84 Å². The third kappa shape index (κ3) is 4.83. The van der Waals surface area contributed by atoms with Gasteiger partial charge in [-0.15, -0.1) is 0 Å². The highest BCUT2D eigenvalue weighted by Gasteiger charge is 2.21. The quantitative estimate of drug-likeness (QED) is 0.713. The first-order valence-electron chi connectivity index (χ1n) is 6.45. The van der Waals surface area contributed by atoms with E-state index in [0.717, 1.165) is 18.8 Å². The zero-order chi connectivity index (χ0) is 12.0. The molecule has 1 atom stereocenters. The van der Waals surface area contributed by atoms with Gasteiger partial charge in [0, 0.05) is 11.8 Å². The average Bonchev–Trinajstić information content (AvgIpc) is 2.20. The van der Waals surface area contributed by atoms with Crippen molar-refractivity contribution in [1.82, 2.24) is 5.32 Å². The molecule has 4 heteroatoms. The van der Waals surface area contributed by atoms with Gasteiger partial charge in [-0.2, -0.15) is 0 Å². The number of hydrogen-bond donors (Lipinski definition) is 1. The van der Waals surface area contributed by atoms with Crippen LogP contribution in [0.5, 0.6) is 0 Å². The predicted molar refractivity (Wildman–Crippen MR) is 68.4 cm³/mol. The lowest BCUT2D eigenvalue weighted by Crippen LogP contribution is -2.30. The summed E-state index contributed by atoms with van der Waals surface area (Å²) in [4.78, 5) is 0. The Kier molecular flexibility index (Phi) is 5.76. The van der Waals surface area contributed by atoms with Crippen LogP contribution in [0.1, 0.15) is 45.4 Å². The second-order valence-corrected chi connectivity index (χ2v) is 7.37. The van der Waals surface area contributed by atoms with E-state index in [1.54, 1.807) is 6.92 Å². The van der Waals surface area contributed by atoms with Gasteiger partial charge >= 0.3 is 0 Å². The van der Waals surface area contributed by atoms with E-state index in [4.69, 9.17) is 0 Å². The molecule has 0 spiro atoms. The molecule has 1 aliphatic carbocycles. The Labute approximate surface area is 99.9 Å². The minimum absolute atomic E-state index is 0.278. The van der Waals surface area contributed by atoms with Crippen LogP contribution in [0.3, 0.4) is 0 Å². The van der Waals surface area contributed by atoms with E-state index >= 15 is 0 Å².